The third kappa shape index (κ3) is 2.69. The quantitative estimate of drug-likeness (QED) is 0.578. The van der Waals surface area contributed by atoms with Gasteiger partial charge in [-0.1, -0.05) is 24.3 Å². The second-order valence-electron chi connectivity index (χ2n) is 6.10. The van der Waals surface area contributed by atoms with Crippen molar-refractivity contribution in [1.29, 1.82) is 0 Å². The Labute approximate surface area is 155 Å². The Bertz CT molecular complexity index is 1270. The lowest BCUT2D eigenvalue weighted by Gasteiger charge is -2.06. The minimum absolute atomic E-state index is 0.0853. The lowest BCUT2D eigenvalue weighted by molar-refractivity contribution is 0.554. The zero-order chi connectivity index (χ0) is 18.4. The van der Waals surface area contributed by atoms with Crippen molar-refractivity contribution in [3.8, 4) is 17.1 Å². The van der Waals surface area contributed by atoms with Crippen LogP contribution in [-0.2, 0) is 10.0 Å². The third-order valence-corrected chi connectivity index (χ3v) is 5.65. The number of ether oxygens (including phenoxy) is 1. The van der Waals surface area contributed by atoms with Gasteiger partial charge in [-0.3, -0.25) is 0 Å². The monoisotopic (exact) mass is 375 g/mol. The lowest BCUT2D eigenvalue weighted by Crippen LogP contribution is -2.07. The molecule has 0 amide bonds. The summed E-state index contributed by atoms with van der Waals surface area (Å²) in [5.74, 6) is 1.34. The van der Waals surface area contributed by atoms with Crippen molar-refractivity contribution in [3.63, 3.8) is 0 Å². The number of hydrogen-bond donors (Lipinski definition) is 1. The summed E-state index contributed by atoms with van der Waals surface area (Å²) in [7, 11) is -3.69. The molecular formula is C20H13N3O3S. The Morgan fingerprint density at radius 3 is 2.41 bits per heavy atom. The van der Waals surface area contributed by atoms with E-state index >= 15 is 0 Å². The molecule has 1 N–H and O–H groups in total. The highest BCUT2D eigenvalue weighted by molar-refractivity contribution is 7.90. The first-order valence-electron chi connectivity index (χ1n) is 8.28. The van der Waals surface area contributed by atoms with Crippen LogP contribution in [0.2, 0.25) is 0 Å². The molecular weight excluding hydrogens is 362 g/mol. The normalized spacial score (nSPS) is 14.7. The van der Waals surface area contributed by atoms with E-state index < -0.39 is 10.0 Å². The van der Waals surface area contributed by atoms with Crippen LogP contribution < -0.4 is 4.74 Å². The fraction of sp³-hybridized carbons (Fsp3) is 0. The van der Waals surface area contributed by atoms with Crippen LogP contribution >= 0.6 is 0 Å². The summed E-state index contributed by atoms with van der Waals surface area (Å²) in [5.41, 5.74) is 3.24. The first kappa shape index (κ1) is 15.8. The number of aromatic nitrogens is 2. The van der Waals surface area contributed by atoms with Gasteiger partial charge in [0.25, 0.3) is 10.0 Å². The predicted molar refractivity (Wildman–Crippen MR) is 102 cm³/mol. The summed E-state index contributed by atoms with van der Waals surface area (Å²) in [5, 5.41) is 0. The third-order valence-electron chi connectivity index (χ3n) is 4.33. The molecule has 0 spiro atoms. The van der Waals surface area contributed by atoms with Gasteiger partial charge in [0.05, 0.1) is 16.6 Å². The molecule has 0 saturated carbocycles. The van der Waals surface area contributed by atoms with Gasteiger partial charge in [0.1, 0.15) is 16.5 Å². The summed E-state index contributed by atoms with van der Waals surface area (Å²) in [6.45, 7) is 0. The largest absolute Gasteiger partial charge is 0.438 e. The van der Waals surface area contributed by atoms with Gasteiger partial charge in [0, 0.05) is 5.56 Å². The SMILES string of the molecule is O=S1(=O)N=C(Oc2ccc(-c3nc4ccccc4[nH]3)cc2)c2ccccc21. The zero-order valence-electron chi connectivity index (χ0n) is 14.0. The number of fused-ring (bicyclic) bond motifs is 2. The summed E-state index contributed by atoms with van der Waals surface area (Å²) in [4.78, 5) is 8.00. The van der Waals surface area contributed by atoms with Gasteiger partial charge in [-0.05, 0) is 48.5 Å². The first-order valence-corrected chi connectivity index (χ1v) is 9.72. The summed E-state index contributed by atoms with van der Waals surface area (Å²) < 4.78 is 33.7. The minimum atomic E-state index is -3.69. The van der Waals surface area contributed by atoms with Crippen molar-refractivity contribution < 1.29 is 13.2 Å². The molecule has 1 aliphatic rings. The average Bonchev–Trinajstić information content (AvgIpc) is 3.22. The van der Waals surface area contributed by atoms with Crippen molar-refractivity contribution in [2.75, 3.05) is 0 Å². The molecule has 7 heteroatoms. The van der Waals surface area contributed by atoms with Crippen LogP contribution in [0.5, 0.6) is 5.75 Å². The number of hydrogen-bond acceptors (Lipinski definition) is 4. The smallest absolute Gasteiger partial charge is 0.286 e. The van der Waals surface area contributed by atoms with Crippen molar-refractivity contribution in [1.82, 2.24) is 9.97 Å². The fourth-order valence-corrected chi connectivity index (χ4v) is 4.17. The molecule has 0 radical (unpaired) electrons. The Hall–Kier alpha value is -3.45. The predicted octanol–water partition coefficient (Wildman–Crippen LogP) is 3.76. The van der Waals surface area contributed by atoms with Gasteiger partial charge < -0.3 is 9.72 Å². The molecule has 0 unspecified atom stereocenters. The number of aromatic amines is 1. The minimum Gasteiger partial charge on any atom is -0.438 e. The van der Waals surface area contributed by atoms with E-state index in [1.54, 1.807) is 30.3 Å². The zero-order valence-corrected chi connectivity index (χ0v) is 14.8. The number of para-hydroxylation sites is 2. The van der Waals surface area contributed by atoms with E-state index in [1.807, 2.05) is 36.4 Å². The molecule has 0 atom stereocenters. The van der Waals surface area contributed by atoms with Crippen LogP contribution in [0.1, 0.15) is 5.56 Å². The summed E-state index contributed by atoms with van der Waals surface area (Å²) >= 11 is 0. The average molecular weight is 375 g/mol. The van der Waals surface area contributed by atoms with E-state index in [9.17, 15) is 8.42 Å². The van der Waals surface area contributed by atoms with Gasteiger partial charge in [-0.25, -0.2) is 4.98 Å². The van der Waals surface area contributed by atoms with Gasteiger partial charge in [0.15, 0.2) is 0 Å². The maximum Gasteiger partial charge on any atom is 0.286 e. The highest BCUT2D eigenvalue weighted by Crippen LogP contribution is 2.28. The second kappa shape index (κ2) is 5.78. The van der Waals surface area contributed by atoms with Crippen molar-refractivity contribution >= 4 is 27.0 Å². The standard InChI is InChI=1S/C20H13N3O3S/c24-27(25)18-8-4-1-5-15(18)20(23-27)26-14-11-9-13(10-12-14)19-21-16-6-2-3-7-17(16)22-19/h1-12H,(H,21,22). The number of nitrogens with one attached hydrogen (secondary N) is 1. The van der Waals surface area contributed by atoms with E-state index in [4.69, 9.17) is 4.74 Å². The van der Waals surface area contributed by atoms with E-state index in [2.05, 4.69) is 14.4 Å². The van der Waals surface area contributed by atoms with E-state index in [1.165, 1.54) is 6.07 Å². The number of nitrogens with zero attached hydrogens (tertiary/aromatic N) is 2. The van der Waals surface area contributed by atoms with Crippen molar-refractivity contribution in [3.05, 3.63) is 78.4 Å². The Balaban J connectivity index is 1.45. The number of rotatable bonds is 2. The second-order valence-corrected chi connectivity index (χ2v) is 7.67. The van der Waals surface area contributed by atoms with Gasteiger partial charge in [-0.15, -0.1) is 4.40 Å². The van der Waals surface area contributed by atoms with Crippen LogP contribution in [0.25, 0.3) is 22.4 Å². The first-order chi connectivity index (χ1) is 13.1. The molecule has 0 bridgehead atoms. The summed E-state index contributed by atoms with van der Waals surface area (Å²) in [6.07, 6.45) is 0. The van der Waals surface area contributed by atoms with Crippen LogP contribution in [0.4, 0.5) is 0 Å². The number of benzene rings is 3. The number of sulfonamides is 1. The van der Waals surface area contributed by atoms with E-state index in [-0.39, 0.29) is 10.8 Å². The van der Waals surface area contributed by atoms with Gasteiger partial charge in [-0.2, -0.15) is 8.42 Å². The van der Waals surface area contributed by atoms with Crippen molar-refractivity contribution in [2.24, 2.45) is 4.40 Å². The van der Waals surface area contributed by atoms with Crippen LogP contribution in [-0.4, -0.2) is 24.3 Å². The molecule has 5 rings (SSSR count). The molecule has 4 aromatic rings. The Morgan fingerprint density at radius 2 is 1.59 bits per heavy atom. The van der Waals surface area contributed by atoms with E-state index in [0.29, 0.717) is 11.3 Å². The molecule has 3 aromatic carbocycles. The maximum absolute atomic E-state index is 12.1. The Morgan fingerprint density at radius 1 is 0.852 bits per heavy atom. The number of H-pyrrole nitrogens is 1. The lowest BCUT2D eigenvalue weighted by atomic mass is 10.2. The van der Waals surface area contributed by atoms with Crippen molar-refractivity contribution in [2.45, 2.75) is 4.90 Å². The molecule has 2 heterocycles. The molecule has 6 nitrogen and oxygen atoms in total. The van der Waals surface area contributed by atoms with Crippen LogP contribution in [0.15, 0.2) is 82.1 Å². The van der Waals surface area contributed by atoms with Crippen LogP contribution in [0.3, 0.4) is 0 Å². The molecule has 1 aliphatic heterocycles. The molecule has 1 aromatic heterocycles. The van der Waals surface area contributed by atoms with Gasteiger partial charge in [0.2, 0.25) is 5.90 Å². The molecule has 0 fully saturated rings. The maximum atomic E-state index is 12.1. The molecule has 27 heavy (non-hydrogen) atoms. The highest BCUT2D eigenvalue weighted by atomic mass is 32.2. The summed E-state index contributed by atoms with van der Waals surface area (Å²) in [6, 6.07) is 21.7. The van der Waals surface area contributed by atoms with Gasteiger partial charge >= 0.3 is 0 Å². The van der Waals surface area contributed by atoms with Crippen LogP contribution in [0, 0.1) is 0 Å². The highest BCUT2D eigenvalue weighted by Gasteiger charge is 2.30. The molecule has 132 valence electrons. The fourth-order valence-electron chi connectivity index (χ4n) is 3.03. The van der Waals surface area contributed by atoms with E-state index in [0.717, 1.165) is 22.4 Å². The number of imidazole rings is 1. The topological polar surface area (TPSA) is 84.4 Å². The molecule has 0 saturated heterocycles. The molecule has 0 aliphatic carbocycles. The Kier molecular flexibility index (Phi) is 3.38.